The summed E-state index contributed by atoms with van der Waals surface area (Å²) in [5.74, 6) is 0. The maximum Gasteiger partial charge on any atom is 0.0856 e. The first-order valence-electron chi connectivity index (χ1n) is 5.08. The van der Waals surface area contributed by atoms with Gasteiger partial charge in [0.15, 0.2) is 0 Å². The van der Waals surface area contributed by atoms with Gasteiger partial charge in [0.1, 0.15) is 0 Å². The highest BCUT2D eigenvalue weighted by Gasteiger charge is 2.24. The van der Waals surface area contributed by atoms with Crippen molar-refractivity contribution in [3.8, 4) is 0 Å². The molecule has 0 aliphatic carbocycles. The number of aliphatic hydroxyl groups excluding tert-OH is 1. The summed E-state index contributed by atoms with van der Waals surface area (Å²) in [5.41, 5.74) is 2.02. The van der Waals surface area contributed by atoms with Crippen LogP contribution in [0.25, 0.3) is 0 Å². The van der Waals surface area contributed by atoms with Gasteiger partial charge in [0.05, 0.1) is 12.3 Å². The van der Waals surface area contributed by atoms with Gasteiger partial charge in [0.2, 0.25) is 0 Å². The SMILES string of the molecule is CN1CCC[C@H]1c1cccnc1CO. The van der Waals surface area contributed by atoms with Crippen LogP contribution in [0.2, 0.25) is 0 Å². The molecule has 1 atom stereocenters. The van der Waals surface area contributed by atoms with Gasteiger partial charge in [-0.1, -0.05) is 6.07 Å². The molecule has 2 heterocycles. The lowest BCUT2D eigenvalue weighted by Gasteiger charge is -2.21. The highest BCUT2D eigenvalue weighted by molar-refractivity contribution is 5.24. The van der Waals surface area contributed by atoms with Crippen LogP contribution in [0.1, 0.15) is 30.1 Å². The molecule has 1 aliphatic heterocycles. The Labute approximate surface area is 84.4 Å². The molecular weight excluding hydrogens is 176 g/mol. The molecule has 0 amide bonds. The van der Waals surface area contributed by atoms with Crippen LogP contribution in [0.15, 0.2) is 18.3 Å². The first kappa shape index (κ1) is 9.62. The maximum atomic E-state index is 9.18. The molecule has 1 fully saturated rings. The van der Waals surface area contributed by atoms with Crippen LogP contribution in [-0.2, 0) is 6.61 Å². The van der Waals surface area contributed by atoms with Crippen LogP contribution in [0, 0.1) is 0 Å². The average molecular weight is 192 g/mol. The third kappa shape index (κ3) is 1.65. The smallest absolute Gasteiger partial charge is 0.0856 e. The van der Waals surface area contributed by atoms with E-state index >= 15 is 0 Å². The van der Waals surface area contributed by atoms with E-state index in [0.29, 0.717) is 6.04 Å². The summed E-state index contributed by atoms with van der Waals surface area (Å²) < 4.78 is 0. The fraction of sp³-hybridized carbons (Fsp3) is 0.545. The maximum absolute atomic E-state index is 9.18. The predicted molar refractivity (Wildman–Crippen MR) is 54.8 cm³/mol. The highest BCUT2D eigenvalue weighted by atomic mass is 16.3. The van der Waals surface area contributed by atoms with Gasteiger partial charge in [-0.15, -0.1) is 0 Å². The molecule has 1 aliphatic rings. The molecule has 2 rings (SSSR count). The van der Waals surface area contributed by atoms with Crippen molar-refractivity contribution >= 4 is 0 Å². The molecule has 0 unspecified atom stereocenters. The van der Waals surface area contributed by atoms with Crippen molar-refractivity contribution in [2.24, 2.45) is 0 Å². The molecule has 1 N–H and O–H groups in total. The van der Waals surface area contributed by atoms with Crippen molar-refractivity contribution in [2.75, 3.05) is 13.6 Å². The van der Waals surface area contributed by atoms with Crippen LogP contribution in [0.3, 0.4) is 0 Å². The third-order valence-electron chi connectivity index (χ3n) is 2.95. The Bertz CT molecular complexity index is 314. The Kier molecular flexibility index (Phi) is 2.79. The van der Waals surface area contributed by atoms with Gasteiger partial charge < -0.3 is 5.11 Å². The van der Waals surface area contributed by atoms with Crippen LogP contribution >= 0.6 is 0 Å². The quantitative estimate of drug-likeness (QED) is 0.768. The highest BCUT2D eigenvalue weighted by Crippen LogP contribution is 2.31. The second-order valence-electron chi connectivity index (χ2n) is 3.84. The Balaban J connectivity index is 2.30. The molecule has 0 spiro atoms. The van der Waals surface area contributed by atoms with Crippen LogP contribution in [0.4, 0.5) is 0 Å². The lowest BCUT2D eigenvalue weighted by Crippen LogP contribution is -2.19. The number of hydrogen-bond donors (Lipinski definition) is 1. The number of pyridine rings is 1. The van der Waals surface area contributed by atoms with Crippen LogP contribution in [-0.4, -0.2) is 28.6 Å². The van der Waals surface area contributed by atoms with Crippen LogP contribution in [0.5, 0.6) is 0 Å². The second kappa shape index (κ2) is 4.07. The van der Waals surface area contributed by atoms with Gasteiger partial charge in [-0.25, -0.2) is 0 Å². The Morgan fingerprint density at radius 1 is 1.64 bits per heavy atom. The number of aliphatic hydroxyl groups is 1. The molecule has 3 heteroatoms. The summed E-state index contributed by atoms with van der Waals surface area (Å²) in [6, 6.07) is 4.47. The van der Waals surface area contributed by atoms with E-state index in [2.05, 4.69) is 23.0 Å². The van der Waals surface area contributed by atoms with Gasteiger partial charge in [-0.2, -0.15) is 0 Å². The molecule has 1 aromatic heterocycles. The standard InChI is InChI=1S/C11H16N2O/c1-13-7-3-5-11(13)9-4-2-6-12-10(9)8-14/h2,4,6,11,14H,3,5,7-8H2,1H3/t11-/m0/s1. The van der Waals surface area contributed by atoms with Gasteiger partial charge in [0, 0.05) is 12.2 Å². The second-order valence-corrected chi connectivity index (χ2v) is 3.84. The van der Waals surface area contributed by atoms with E-state index in [0.717, 1.165) is 12.2 Å². The van der Waals surface area contributed by atoms with E-state index in [1.165, 1.54) is 18.4 Å². The molecule has 0 saturated carbocycles. The number of rotatable bonds is 2. The topological polar surface area (TPSA) is 36.4 Å². The fourth-order valence-electron chi connectivity index (χ4n) is 2.19. The summed E-state index contributed by atoms with van der Waals surface area (Å²) in [6.45, 7) is 1.19. The van der Waals surface area contributed by atoms with E-state index in [1.807, 2.05) is 6.07 Å². The van der Waals surface area contributed by atoms with Crippen molar-refractivity contribution in [3.63, 3.8) is 0 Å². The molecule has 0 aromatic carbocycles. The monoisotopic (exact) mass is 192 g/mol. The summed E-state index contributed by atoms with van der Waals surface area (Å²) >= 11 is 0. The largest absolute Gasteiger partial charge is 0.390 e. The van der Waals surface area contributed by atoms with E-state index in [1.54, 1.807) is 6.20 Å². The first-order chi connectivity index (χ1) is 6.83. The molecule has 76 valence electrons. The minimum Gasteiger partial charge on any atom is -0.390 e. The zero-order chi connectivity index (χ0) is 9.97. The molecule has 0 bridgehead atoms. The molecule has 1 saturated heterocycles. The summed E-state index contributed by atoms with van der Waals surface area (Å²) in [6.07, 6.45) is 4.15. The Morgan fingerprint density at radius 3 is 3.14 bits per heavy atom. The molecular formula is C11H16N2O. The average Bonchev–Trinajstić information content (AvgIpc) is 2.64. The number of nitrogens with zero attached hydrogens (tertiary/aromatic N) is 2. The summed E-state index contributed by atoms with van der Waals surface area (Å²) in [5, 5.41) is 9.18. The zero-order valence-electron chi connectivity index (χ0n) is 8.48. The van der Waals surface area contributed by atoms with Crippen molar-refractivity contribution < 1.29 is 5.11 Å². The number of aromatic nitrogens is 1. The Hall–Kier alpha value is -0.930. The van der Waals surface area contributed by atoms with E-state index in [4.69, 9.17) is 0 Å². The fourth-order valence-corrected chi connectivity index (χ4v) is 2.19. The Morgan fingerprint density at radius 2 is 2.50 bits per heavy atom. The van der Waals surface area contributed by atoms with Gasteiger partial charge in [-0.3, -0.25) is 9.88 Å². The first-order valence-corrected chi connectivity index (χ1v) is 5.08. The van der Waals surface area contributed by atoms with Gasteiger partial charge in [-0.05, 0) is 38.1 Å². The lowest BCUT2D eigenvalue weighted by atomic mass is 10.0. The van der Waals surface area contributed by atoms with E-state index in [9.17, 15) is 5.11 Å². The normalized spacial score (nSPS) is 22.9. The number of hydrogen-bond acceptors (Lipinski definition) is 3. The van der Waals surface area contributed by atoms with Crippen LogP contribution < -0.4 is 0 Å². The van der Waals surface area contributed by atoms with Gasteiger partial charge >= 0.3 is 0 Å². The molecule has 1 aromatic rings. The van der Waals surface area contributed by atoms with Crippen molar-refractivity contribution in [1.29, 1.82) is 0 Å². The van der Waals surface area contributed by atoms with E-state index in [-0.39, 0.29) is 6.61 Å². The predicted octanol–water partition coefficient (Wildman–Crippen LogP) is 1.34. The number of likely N-dealkylation sites (tertiary alicyclic amines) is 1. The van der Waals surface area contributed by atoms with Crippen molar-refractivity contribution in [1.82, 2.24) is 9.88 Å². The van der Waals surface area contributed by atoms with E-state index < -0.39 is 0 Å². The molecule has 14 heavy (non-hydrogen) atoms. The minimum atomic E-state index is 0.0422. The third-order valence-corrected chi connectivity index (χ3v) is 2.95. The minimum absolute atomic E-state index is 0.0422. The van der Waals surface area contributed by atoms with Crippen molar-refractivity contribution in [3.05, 3.63) is 29.6 Å². The zero-order valence-corrected chi connectivity index (χ0v) is 8.48. The van der Waals surface area contributed by atoms with Crippen molar-refractivity contribution in [2.45, 2.75) is 25.5 Å². The summed E-state index contributed by atoms with van der Waals surface area (Å²) in [4.78, 5) is 6.53. The molecule has 3 nitrogen and oxygen atoms in total. The van der Waals surface area contributed by atoms with Gasteiger partial charge in [0.25, 0.3) is 0 Å². The lowest BCUT2D eigenvalue weighted by molar-refractivity contribution is 0.265. The summed E-state index contributed by atoms with van der Waals surface area (Å²) in [7, 11) is 2.13. The molecule has 0 radical (unpaired) electrons.